The molecule has 6 heteroatoms. The van der Waals surface area contributed by atoms with E-state index in [0.717, 1.165) is 12.0 Å². The van der Waals surface area contributed by atoms with Crippen LogP contribution in [0.1, 0.15) is 35.7 Å². The number of nitrogens with zero attached hydrogens (tertiary/aromatic N) is 1. The smallest absolute Gasteiger partial charge is 0.234 e. The van der Waals surface area contributed by atoms with Crippen molar-refractivity contribution in [3.05, 3.63) is 29.3 Å². The second-order valence-corrected chi connectivity index (χ2v) is 6.96. The average Bonchev–Trinajstić information content (AvgIpc) is 2.45. The number of hydrogen-bond donors (Lipinski definition) is 1. The van der Waals surface area contributed by atoms with Gasteiger partial charge in [-0.15, -0.1) is 0 Å². The van der Waals surface area contributed by atoms with Crippen molar-refractivity contribution in [3.63, 3.8) is 0 Å². The number of carbonyl (C=O) groups is 1. The second kappa shape index (κ2) is 5.93. The maximum absolute atomic E-state index is 12.2. The number of Topliss-reactive ketones (excluding diaryl/α,β-unsaturated/α-hetero) is 1. The van der Waals surface area contributed by atoms with Crippen LogP contribution >= 0.6 is 0 Å². The minimum Gasteiger partial charge on any atom is -0.394 e. The molecule has 0 atom stereocenters. The van der Waals surface area contributed by atoms with Crippen molar-refractivity contribution in [1.29, 1.82) is 0 Å². The van der Waals surface area contributed by atoms with Crippen molar-refractivity contribution in [1.82, 2.24) is 0 Å². The van der Waals surface area contributed by atoms with E-state index in [4.69, 9.17) is 5.11 Å². The van der Waals surface area contributed by atoms with E-state index in [1.54, 1.807) is 25.1 Å². The standard InChI is InChI=1S/C14H19NO4S/c1-2-20(18,19)15(9-10-16)13-7-3-6-12-11(13)5-4-8-14(12)17/h3,6-7,16H,2,4-5,8-10H2,1H3. The number of ketones is 1. The lowest BCUT2D eigenvalue weighted by molar-refractivity contribution is 0.0972. The summed E-state index contributed by atoms with van der Waals surface area (Å²) >= 11 is 0. The van der Waals surface area contributed by atoms with Gasteiger partial charge in [-0.1, -0.05) is 12.1 Å². The van der Waals surface area contributed by atoms with Gasteiger partial charge in [0.15, 0.2) is 5.78 Å². The Morgan fingerprint density at radius 2 is 2.05 bits per heavy atom. The van der Waals surface area contributed by atoms with Crippen molar-refractivity contribution < 1.29 is 18.3 Å². The van der Waals surface area contributed by atoms with Crippen LogP contribution in [0.15, 0.2) is 18.2 Å². The molecule has 0 radical (unpaired) electrons. The third-order valence-corrected chi connectivity index (χ3v) is 5.34. The maximum atomic E-state index is 12.2. The number of rotatable bonds is 5. The van der Waals surface area contributed by atoms with Gasteiger partial charge in [0.1, 0.15) is 0 Å². The molecule has 1 aliphatic carbocycles. The van der Waals surface area contributed by atoms with Crippen LogP contribution in [0.5, 0.6) is 0 Å². The Balaban J connectivity index is 2.55. The van der Waals surface area contributed by atoms with E-state index in [-0.39, 0.29) is 24.7 Å². The first kappa shape index (κ1) is 15.0. The lowest BCUT2D eigenvalue weighted by Crippen LogP contribution is -2.36. The molecule has 0 aromatic heterocycles. The zero-order chi connectivity index (χ0) is 14.8. The quantitative estimate of drug-likeness (QED) is 0.890. The number of sulfonamides is 1. The molecular weight excluding hydrogens is 278 g/mol. The van der Waals surface area contributed by atoms with E-state index in [2.05, 4.69) is 0 Å². The third-order valence-electron chi connectivity index (χ3n) is 3.55. The highest BCUT2D eigenvalue weighted by Crippen LogP contribution is 2.31. The summed E-state index contributed by atoms with van der Waals surface area (Å²) in [6, 6.07) is 5.16. The molecule has 1 aromatic rings. The summed E-state index contributed by atoms with van der Waals surface area (Å²) in [7, 11) is -3.46. The lowest BCUT2D eigenvalue weighted by Gasteiger charge is -2.28. The van der Waals surface area contributed by atoms with Gasteiger partial charge in [0.2, 0.25) is 10.0 Å². The van der Waals surface area contributed by atoms with Crippen molar-refractivity contribution in [3.8, 4) is 0 Å². The fourth-order valence-electron chi connectivity index (χ4n) is 2.55. The van der Waals surface area contributed by atoms with Crippen LogP contribution in [0.4, 0.5) is 5.69 Å². The highest BCUT2D eigenvalue weighted by Gasteiger charge is 2.26. The largest absolute Gasteiger partial charge is 0.394 e. The molecule has 0 amide bonds. The van der Waals surface area contributed by atoms with Crippen LogP contribution in [0.2, 0.25) is 0 Å². The summed E-state index contributed by atoms with van der Waals surface area (Å²) in [6.45, 7) is 1.33. The normalized spacial score (nSPS) is 15.0. The molecule has 1 N–H and O–H groups in total. The van der Waals surface area contributed by atoms with Gasteiger partial charge in [-0.25, -0.2) is 8.42 Å². The van der Waals surface area contributed by atoms with Gasteiger partial charge >= 0.3 is 0 Å². The molecule has 110 valence electrons. The van der Waals surface area contributed by atoms with Crippen LogP contribution in [0, 0.1) is 0 Å². The number of hydrogen-bond acceptors (Lipinski definition) is 4. The lowest BCUT2D eigenvalue weighted by atomic mass is 9.89. The van der Waals surface area contributed by atoms with Crippen LogP contribution in [0.25, 0.3) is 0 Å². The zero-order valence-electron chi connectivity index (χ0n) is 11.5. The fourth-order valence-corrected chi connectivity index (χ4v) is 3.69. The monoisotopic (exact) mass is 297 g/mol. The maximum Gasteiger partial charge on any atom is 0.234 e. The highest BCUT2D eigenvalue weighted by atomic mass is 32.2. The first-order valence-electron chi connectivity index (χ1n) is 6.77. The predicted molar refractivity (Wildman–Crippen MR) is 77.6 cm³/mol. The topological polar surface area (TPSA) is 74.7 Å². The van der Waals surface area contributed by atoms with E-state index < -0.39 is 10.0 Å². The molecule has 0 spiro atoms. The first-order chi connectivity index (χ1) is 9.51. The van der Waals surface area contributed by atoms with Crippen molar-refractivity contribution in [2.24, 2.45) is 0 Å². The Morgan fingerprint density at radius 1 is 1.30 bits per heavy atom. The molecule has 0 aliphatic heterocycles. The molecule has 0 heterocycles. The predicted octanol–water partition coefficient (Wildman–Crippen LogP) is 1.35. The third kappa shape index (κ3) is 2.71. The molecule has 0 unspecified atom stereocenters. The van der Waals surface area contributed by atoms with Crippen LogP contribution in [0.3, 0.4) is 0 Å². The minimum absolute atomic E-state index is 0.0147. The van der Waals surface area contributed by atoms with E-state index in [9.17, 15) is 13.2 Å². The minimum atomic E-state index is -3.46. The SMILES string of the molecule is CCS(=O)(=O)N(CCO)c1cccc2c1CCCC2=O. The van der Waals surface area contributed by atoms with Gasteiger partial charge in [0.25, 0.3) is 0 Å². The van der Waals surface area contributed by atoms with Gasteiger partial charge in [-0.2, -0.15) is 0 Å². The van der Waals surface area contributed by atoms with Crippen molar-refractivity contribution >= 4 is 21.5 Å². The molecule has 0 saturated carbocycles. The van der Waals surface area contributed by atoms with E-state index in [1.165, 1.54) is 4.31 Å². The molecule has 5 nitrogen and oxygen atoms in total. The number of fused-ring (bicyclic) bond motifs is 1. The average molecular weight is 297 g/mol. The Morgan fingerprint density at radius 3 is 2.70 bits per heavy atom. The first-order valence-corrected chi connectivity index (χ1v) is 8.38. The molecular formula is C14H19NO4S. The highest BCUT2D eigenvalue weighted by molar-refractivity contribution is 7.92. The Hall–Kier alpha value is -1.40. The molecule has 0 fully saturated rings. The van der Waals surface area contributed by atoms with Crippen molar-refractivity contribution in [2.75, 3.05) is 23.2 Å². The summed E-state index contributed by atoms with van der Waals surface area (Å²) < 4.78 is 25.6. The summed E-state index contributed by atoms with van der Waals surface area (Å²) in [6.07, 6.45) is 1.94. The zero-order valence-corrected chi connectivity index (χ0v) is 12.3. The summed E-state index contributed by atoms with van der Waals surface area (Å²) in [5.41, 5.74) is 1.93. The number of carbonyl (C=O) groups excluding carboxylic acids is 1. The van der Waals surface area contributed by atoms with Gasteiger partial charge in [-0.05, 0) is 31.4 Å². The van der Waals surface area contributed by atoms with Gasteiger partial charge in [0, 0.05) is 12.0 Å². The van der Waals surface area contributed by atoms with E-state index >= 15 is 0 Å². The van der Waals surface area contributed by atoms with E-state index in [1.807, 2.05) is 0 Å². The summed E-state index contributed by atoms with van der Waals surface area (Å²) in [5.74, 6) is 0.0240. The Bertz CT molecular complexity index is 610. The molecule has 0 saturated heterocycles. The molecule has 1 aliphatic rings. The molecule has 20 heavy (non-hydrogen) atoms. The molecule has 1 aromatic carbocycles. The fraction of sp³-hybridized carbons (Fsp3) is 0.500. The van der Waals surface area contributed by atoms with Crippen LogP contribution < -0.4 is 4.31 Å². The van der Waals surface area contributed by atoms with Gasteiger partial charge < -0.3 is 5.11 Å². The van der Waals surface area contributed by atoms with Crippen LogP contribution in [-0.2, 0) is 16.4 Å². The Kier molecular flexibility index (Phi) is 4.45. The summed E-state index contributed by atoms with van der Waals surface area (Å²) in [5, 5.41) is 9.14. The number of aliphatic hydroxyl groups excluding tert-OH is 1. The summed E-state index contributed by atoms with van der Waals surface area (Å²) in [4.78, 5) is 11.9. The second-order valence-electron chi connectivity index (χ2n) is 4.78. The van der Waals surface area contributed by atoms with Gasteiger partial charge in [0.05, 0.1) is 24.6 Å². The van der Waals surface area contributed by atoms with Gasteiger partial charge in [-0.3, -0.25) is 9.10 Å². The van der Waals surface area contributed by atoms with Crippen LogP contribution in [-0.4, -0.2) is 38.2 Å². The van der Waals surface area contributed by atoms with Crippen molar-refractivity contribution in [2.45, 2.75) is 26.2 Å². The van der Waals surface area contributed by atoms with E-state index in [0.29, 0.717) is 24.1 Å². The molecule has 0 bridgehead atoms. The number of aliphatic hydroxyl groups is 1. The number of benzene rings is 1. The molecule has 2 rings (SSSR count). The Labute approximate surface area is 119 Å². The number of anilines is 1.